The Balaban J connectivity index is 1.17. The van der Waals surface area contributed by atoms with Crippen LogP contribution in [-0.2, 0) is 17.8 Å². The van der Waals surface area contributed by atoms with Gasteiger partial charge in [-0.3, -0.25) is 4.79 Å². The molecule has 2 aromatic carbocycles. The fraction of sp³-hybridized carbons (Fsp3) is 0.375. The Labute approximate surface area is 182 Å². The number of carbonyl (C=O) groups excluding carboxylic acids is 2. The standard InChI is InChI=1S/C24H29N5O2/c1-19-7-9-20(10-8-19)17-23(30)27-13-15-28(16-14-27)24(31)25-11-4-12-29-18-26-21-5-2-3-6-22(21)29/h2-3,5-10,18H,4,11-17H2,1H3,(H,25,31). The van der Waals surface area contributed by atoms with Crippen molar-refractivity contribution in [3.63, 3.8) is 0 Å². The van der Waals surface area contributed by atoms with E-state index >= 15 is 0 Å². The number of carbonyl (C=O) groups is 2. The Bertz CT molecular complexity index is 1040. The van der Waals surface area contributed by atoms with E-state index in [9.17, 15) is 9.59 Å². The van der Waals surface area contributed by atoms with Gasteiger partial charge in [-0.25, -0.2) is 9.78 Å². The van der Waals surface area contributed by atoms with Crippen LogP contribution in [0.4, 0.5) is 4.79 Å². The van der Waals surface area contributed by atoms with Gasteiger partial charge in [0.25, 0.3) is 0 Å². The van der Waals surface area contributed by atoms with Crippen molar-refractivity contribution in [1.29, 1.82) is 0 Å². The second-order valence-corrected chi connectivity index (χ2v) is 8.04. The number of aromatic nitrogens is 2. The van der Waals surface area contributed by atoms with Crippen LogP contribution in [0.3, 0.4) is 0 Å². The lowest BCUT2D eigenvalue weighted by Crippen LogP contribution is -2.53. The molecule has 162 valence electrons. The molecule has 0 radical (unpaired) electrons. The summed E-state index contributed by atoms with van der Waals surface area (Å²) >= 11 is 0. The molecule has 0 atom stereocenters. The average Bonchev–Trinajstić information content (AvgIpc) is 3.21. The third-order valence-electron chi connectivity index (χ3n) is 5.77. The number of hydrogen-bond acceptors (Lipinski definition) is 3. The lowest BCUT2D eigenvalue weighted by molar-refractivity contribution is -0.131. The largest absolute Gasteiger partial charge is 0.339 e. The third-order valence-corrected chi connectivity index (χ3v) is 5.77. The van der Waals surface area contributed by atoms with Crippen molar-refractivity contribution in [2.24, 2.45) is 0 Å². The zero-order valence-corrected chi connectivity index (χ0v) is 18.0. The predicted octanol–water partition coefficient (Wildman–Crippen LogP) is 2.83. The van der Waals surface area contributed by atoms with Crippen molar-refractivity contribution in [2.45, 2.75) is 26.3 Å². The van der Waals surface area contributed by atoms with Crippen molar-refractivity contribution in [1.82, 2.24) is 24.7 Å². The van der Waals surface area contributed by atoms with Gasteiger partial charge in [-0.2, -0.15) is 0 Å². The summed E-state index contributed by atoms with van der Waals surface area (Å²) < 4.78 is 2.11. The molecule has 0 unspecified atom stereocenters. The first kappa shape index (κ1) is 20.9. The molecule has 7 heteroatoms. The first-order chi connectivity index (χ1) is 15.1. The van der Waals surface area contributed by atoms with Crippen LogP contribution in [0.2, 0.25) is 0 Å². The van der Waals surface area contributed by atoms with E-state index in [0.29, 0.717) is 39.1 Å². The summed E-state index contributed by atoms with van der Waals surface area (Å²) in [5.41, 5.74) is 4.32. The number of urea groups is 1. The molecule has 1 aliphatic rings. The van der Waals surface area contributed by atoms with Crippen molar-refractivity contribution >= 4 is 23.0 Å². The number of imidazole rings is 1. The molecular weight excluding hydrogens is 390 g/mol. The molecule has 0 bridgehead atoms. The highest BCUT2D eigenvalue weighted by molar-refractivity contribution is 5.79. The van der Waals surface area contributed by atoms with Crippen LogP contribution < -0.4 is 5.32 Å². The zero-order chi connectivity index (χ0) is 21.6. The summed E-state index contributed by atoms with van der Waals surface area (Å²) in [7, 11) is 0. The number of piperazine rings is 1. The summed E-state index contributed by atoms with van der Waals surface area (Å²) in [6, 6.07) is 16.1. The van der Waals surface area contributed by atoms with E-state index in [4.69, 9.17) is 0 Å². The van der Waals surface area contributed by atoms with Crippen LogP contribution in [0.15, 0.2) is 54.9 Å². The number of benzene rings is 2. The van der Waals surface area contributed by atoms with E-state index < -0.39 is 0 Å². The normalized spacial score (nSPS) is 14.1. The molecule has 3 aromatic rings. The zero-order valence-electron chi connectivity index (χ0n) is 18.0. The van der Waals surface area contributed by atoms with Crippen molar-refractivity contribution in [2.75, 3.05) is 32.7 Å². The maximum Gasteiger partial charge on any atom is 0.317 e. The Morgan fingerprint density at radius 3 is 2.45 bits per heavy atom. The highest BCUT2D eigenvalue weighted by Gasteiger charge is 2.23. The van der Waals surface area contributed by atoms with Gasteiger partial charge in [0, 0.05) is 39.3 Å². The summed E-state index contributed by atoms with van der Waals surface area (Å²) in [6.45, 7) is 5.75. The average molecular weight is 420 g/mol. The van der Waals surface area contributed by atoms with Crippen LogP contribution >= 0.6 is 0 Å². The van der Waals surface area contributed by atoms with Gasteiger partial charge in [-0.15, -0.1) is 0 Å². The Morgan fingerprint density at radius 1 is 0.968 bits per heavy atom. The molecule has 0 saturated carbocycles. The van der Waals surface area contributed by atoms with E-state index in [2.05, 4.69) is 20.9 Å². The van der Waals surface area contributed by atoms with Gasteiger partial charge in [0.2, 0.25) is 5.91 Å². The molecule has 0 spiro atoms. The second kappa shape index (κ2) is 9.64. The highest BCUT2D eigenvalue weighted by atomic mass is 16.2. The molecule has 7 nitrogen and oxygen atoms in total. The van der Waals surface area contributed by atoms with E-state index in [0.717, 1.165) is 29.6 Å². The Kier molecular flexibility index (Phi) is 6.50. The molecule has 4 rings (SSSR count). The van der Waals surface area contributed by atoms with Crippen LogP contribution in [0.5, 0.6) is 0 Å². The number of rotatable bonds is 6. The minimum absolute atomic E-state index is 0.0545. The van der Waals surface area contributed by atoms with E-state index in [1.165, 1.54) is 5.56 Å². The summed E-state index contributed by atoms with van der Waals surface area (Å²) in [5.74, 6) is 0.122. The molecule has 1 fully saturated rings. The minimum Gasteiger partial charge on any atom is -0.339 e. The van der Waals surface area contributed by atoms with Gasteiger partial charge in [-0.05, 0) is 31.0 Å². The number of nitrogens with zero attached hydrogens (tertiary/aromatic N) is 4. The molecule has 0 aliphatic carbocycles. The van der Waals surface area contributed by atoms with E-state index in [-0.39, 0.29) is 11.9 Å². The second-order valence-electron chi connectivity index (χ2n) is 8.04. The van der Waals surface area contributed by atoms with E-state index in [1.807, 2.05) is 60.6 Å². The van der Waals surface area contributed by atoms with Crippen LogP contribution in [0, 0.1) is 6.92 Å². The third kappa shape index (κ3) is 5.23. The maximum absolute atomic E-state index is 12.5. The molecule has 1 N–H and O–H groups in total. The van der Waals surface area contributed by atoms with Gasteiger partial charge in [0.05, 0.1) is 23.8 Å². The van der Waals surface area contributed by atoms with Crippen LogP contribution in [0.25, 0.3) is 11.0 Å². The summed E-state index contributed by atoms with van der Waals surface area (Å²) in [6.07, 6.45) is 3.09. The smallest absolute Gasteiger partial charge is 0.317 e. The molecule has 1 saturated heterocycles. The molecule has 31 heavy (non-hydrogen) atoms. The Hall–Kier alpha value is -3.35. The minimum atomic E-state index is -0.0545. The van der Waals surface area contributed by atoms with Crippen molar-refractivity contribution in [3.8, 4) is 0 Å². The predicted molar refractivity (Wildman–Crippen MR) is 121 cm³/mol. The molecule has 3 amide bonds. The molecular formula is C24H29N5O2. The van der Waals surface area contributed by atoms with Crippen LogP contribution in [-0.4, -0.2) is 64.0 Å². The lowest BCUT2D eigenvalue weighted by atomic mass is 10.1. The van der Waals surface area contributed by atoms with Gasteiger partial charge in [-0.1, -0.05) is 42.0 Å². The number of amides is 3. The number of fused-ring (bicyclic) bond motifs is 1. The molecule has 1 aliphatic heterocycles. The summed E-state index contributed by atoms with van der Waals surface area (Å²) in [5, 5.41) is 3.00. The van der Waals surface area contributed by atoms with Gasteiger partial charge >= 0.3 is 6.03 Å². The van der Waals surface area contributed by atoms with Gasteiger partial charge in [0.1, 0.15) is 0 Å². The number of nitrogens with one attached hydrogen (secondary N) is 1. The Morgan fingerprint density at radius 2 is 1.68 bits per heavy atom. The van der Waals surface area contributed by atoms with Gasteiger partial charge < -0.3 is 19.7 Å². The summed E-state index contributed by atoms with van der Waals surface area (Å²) in [4.78, 5) is 33.0. The molecule has 1 aromatic heterocycles. The fourth-order valence-corrected chi connectivity index (χ4v) is 3.90. The number of hydrogen-bond donors (Lipinski definition) is 1. The fourth-order valence-electron chi connectivity index (χ4n) is 3.90. The monoisotopic (exact) mass is 419 g/mol. The van der Waals surface area contributed by atoms with E-state index in [1.54, 1.807) is 4.90 Å². The van der Waals surface area contributed by atoms with Gasteiger partial charge in [0.15, 0.2) is 0 Å². The quantitative estimate of drug-likeness (QED) is 0.625. The topological polar surface area (TPSA) is 70.5 Å². The lowest BCUT2D eigenvalue weighted by Gasteiger charge is -2.34. The van der Waals surface area contributed by atoms with Crippen LogP contribution in [0.1, 0.15) is 17.5 Å². The first-order valence-electron chi connectivity index (χ1n) is 10.9. The maximum atomic E-state index is 12.5. The number of aryl methyl sites for hydroxylation is 2. The number of para-hydroxylation sites is 2. The SMILES string of the molecule is Cc1ccc(CC(=O)N2CCN(C(=O)NCCCn3cnc4ccccc43)CC2)cc1. The van der Waals surface area contributed by atoms with Crippen molar-refractivity contribution < 1.29 is 9.59 Å². The van der Waals surface area contributed by atoms with Crippen molar-refractivity contribution in [3.05, 3.63) is 66.0 Å². The molecule has 2 heterocycles. The first-order valence-corrected chi connectivity index (χ1v) is 10.9. The highest BCUT2D eigenvalue weighted by Crippen LogP contribution is 2.12.